The van der Waals surface area contributed by atoms with Crippen molar-refractivity contribution in [3.8, 4) is 5.75 Å². The Kier molecular flexibility index (Phi) is 6.34. The molecule has 0 N–H and O–H groups in total. The number of Topliss-reactive ketones (excluding diaryl/α,β-unsaturated/α-hetero) is 1. The summed E-state index contributed by atoms with van der Waals surface area (Å²) in [4.78, 5) is 23.5. The maximum absolute atomic E-state index is 13.4. The number of ketones is 1. The van der Waals surface area contributed by atoms with Crippen molar-refractivity contribution in [1.29, 1.82) is 0 Å². The fourth-order valence-electron chi connectivity index (χ4n) is 1.71. The summed E-state index contributed by atoms with van der Waals surface area (Å²) in [5, 5.41) is 0. The van der Waals surface area contributed by atoms with Gasteiger partial charge in [0.2, 0.25) is 11.6 Å². The van der Waals surface area contributed by atoms with E-state index in [2.05, 4.69) is 4.74 Å². The van der Waals surface area contributed by atoms with Gasteiger partial charge in [0, 0.05) is 12.0 Å². The van der Waals surface area contributed by atoms with E-state index >= 15 is 0 Å². The highest BCUT2D eigenvalue weighted by Crippen LogP contribution is 2.26. The molecule has 1 rings (SSSR count). The molecule has 0 aliphatic heterocycles. The molecule has 0 amide bonds. The molecular weight excluding hydrogens is 332 g/mol. The van der Waals surface area contributed by atoms with Gasteiger partial charge in [0.05, 0.1) is 6.42 Å². The summed E-state index contributed by atoms with van der Waals surface area (Å²) in [6.45, 7) is 5.52. The fraction of sp³-hybridized carbons (Fsp3) is 0.500. The summed E-state index contributed by atoms with van der Waals surface area (Å²) in [6, 6.07) is 0.0322. The normalized spacial score (nSPS) is 12.7. The first kappa shape index (κ1) is 19.9. The Bertz CT molecular complexity index is 612. The molecule has 0 aliphatic carbocycles. The number of esters is 1. The van der Waals surface area contributed by atoms with Crippen LogP contribution in [0.4, 0.5) is 17.6 Å². The van der Waals surface area contributed by atoms with Crippen molar-refractivity contribution in [2.75, 3.05) is 6.61 Å². The summed E-state index contributed by atoms with van der Waals surface area (Å²) in [5.74, 6) is -10.2. The number of ether oxygens (including phenoxy) is 2. The number of benzene rings is 1. The highest BCUT2D eigenvalue weighted by molar-refractivity contribution is 5.86. The molecule has 0 bridgehead atoms. The second-order valence-corrected chi connectivity index (χ2v) is 6.24. The van der Waals surface area contributed by atoms with Gasteiger partial charge in [-0.2, -0.15) is 8.78 Å². The molecule has 1 aromatic rings. The Morgan fingerprint density at radius 1 is 1.08 bits per heavy atom. The van der Waals surface area contributed by atoms with Crippen LogP contribution in [-0.2, 0) is 14.3 Å². The Hall–Kier alpha value is -2.12. The predicted octanol–water partition coefficient (Wildman–Crippen LogP) is 3.56. The van der Waals surface area contributed by atoms with Gasteiger partial charge in [-0.05, 0) is 20.8 Å². The lowest BCUT2D eigenvalue weighted by atomic mass is 10.0. The van der Waals surface area contributed by atoms with Gasteiger partial charge in [0.15, 0.2) is 23.2 Å². The number of halogens is 4. The third kappa shape index (κ3) is 5.50. The molecule has 1 aromatic carbocycles. The van der Waals surface area contributed by atoms with E-state index in [-0.39, 0.29) is 12.5 Å². The van der Waals surface area contributed by atoms with E-state index in [9.17, 15) is 27.2 Å². The van der Waals surface area contributed by atoms with Gasteiger partial charge in [0.1, 0.15) is 12.2 Å². The molecule has 0 unspecified atom stereocenters. The number of hydrogen-bond acceptors (Lipinski definition) is 4. The largest absolute Gasteiger partial charge is 0.480 e. The molecule has 8 heteroatoms. The average Bonchev–Trinajstić information content (AvgIpc) is 2.42. The number of hydrogen-bond donors (Lipinski definition) is 0. The number of carbonyl (C=O) groups is 2. The molecule has 134 valence electrons. The van der Waals surface area contributed by atoms with Crippen LogP contribution in [0.15, 0.2) is 6.07 Å². The molecular formula is C16H18F4O4. The van der Waals surface area contributed by atoms with Crippen molar-refractivity contribution in [1.82, 2.24) is 0 Å². The molecule has 24 heavy (non-hydrogen) atoms. The Balaban J connectivity index is 2.68. The van der Waals surface area contributed by atoms with Crippen LogP contribution in [0.5, 0.6) is 5.75 Å². The summed E-state index contributed by atoms with van der Waals surface area (Å²) in [5.41, 5.74) is -0.721. The van der Waals surface area contributed by atoms with Crippen molar-refractivity contribution in [3.63, 3.8) is 0 Å². The Labute approximate surface area is 136 Å². The summed E-state index contributed by atoms with van der Waals surface area (Å²) in [6.07, 6.45) is -0.262. The molecule has 0 aliphatic rings. The van der Waals surface area contributed by atoms with E-state index in [1.165, 1.54) is 6.92 Å². The topological polar surface area (TPSA) is 52.6 Å². The van der Waals surface area contributed by atoms with Crippen molar-refractivity contribution in [2.45, 2.75) is 39.7 Å². The van der Waals surface area contributed by atoms with Gasteiger partial charge in [-0.15, -0.1) is 0 Å². The minimum absolute atomic E-state index is 0.0322. The van der Waals surface area contributed by atoms with Crippen molar-refractivity contribution in [3.05, 3.63) is 29.3 Å². The van der Waals surface area contributed by atoms with E-state index in [4.69, 9.17) is 4.74 Å². The first-order chi connectivity index (χ1) is 10.9. The summed E-state index contributed by atoms with van der Waals surface area (Å²) in [7, 11) is 0. The monoisotopic (exact) mass is 350 g/mol. The quantitative estimate of drug-likeness (QED) is 0.447. The van der Waals surface area contributed by atoms with Crippen LogP contribution in [0.2, 0.25) is 0 Å². The molecule has 0 spiro atoms. The van der Waals surface area contributed by atoms with Crippen molar-refractivity contribution >= 4 is 11.8 Å². The van der Waals surface area contributed by atoms with E-state index in [0.717, 1.165) is 0 Å². The van der Waals surface area contributed by atoms with Crippen molar-refractivity contribution < 1.29 is 36.6 Å². The third-order valence-corrected chi connectivity index (χ3v) is 2.87. The highest BCUT2D eigenvalue weighted by Gasteiger charge is 2.25. The predicted molar refractivity (Wildman–Crippen MR) is 76.4 cm³/mol. The van der Waals surface area contributed by atoms with E-state index in [1.54, 1.807) is 20.8 Å². The Morgan fingerprint density at radius 3 is 2.04 bits per heavy atom. The molecule has 4 nitrogen and oxygen atoms in total. The standard InChI is InChI=1S/C16H18F4O4/c1-8(5-12(22)24-16(2,3)4)11(21)7-23-15-13(19)9(17)6-10(18)14(15)20/h6,8H,5,7H2,1-4H3/t8-/m0/s1. The van der Waals surface area contributed by atoms with Gasteiger partial charge >= 0.3 is 5.97 Å². The van der Waals surface area contributed by atoms with Crippen LogP contribution in [0.25, 0.3) is 0 Å². The van der Waals surface area contributed by atoms with Crippen LogP contribution >= 0.6 is 0 Å². The molecule has 0 saturated heterocycles. The second-order valence-electron chi connectivity index (χ2n) is 6.24. The molecule has 1 atom stereocenters. The minimum atomic E-state index is -1.73. The van der Waals surface area contributed by atoms with Gasteiger partial charge in [0.25, 0.3) is 0 Å². The Morgan fingerprint density at radius 2 is 1.58 bits per heavy atom. The lowest BCUT2D eigenvalue weighted by Crippen LogP contribution is -2.28. The van der Waals surface area contributed by atoms with Crippen LogP contribution in [0.3, 0.4) is 0 Å². The first-order valence-corrected chi connectivity index (χ1v) is 7.12. The minimum Gasteiger partial charge on any atom is -0.480 e. The third-order valence-electron chi connectivity index (χ3n) is 2.87. The fourth-order valence-corrected chi connectivity index (χ4v) is 1.71. The lowest BCUT2D eigenvalue weighted by Gasteiger charge is -2.20. The SMILES string of the molecule is C[C@@H](CC(=O)OC(C)(C)C)C(=O)COc1c(F)c(F)cc(F)c1F. The smallest absolute Gasteiger partial charge is 0.307 e. The van der Waals surface area contributed by atoms with E-state index in [0.29, 0.717) is 0 Å². The maximum Gasteiger partial charge on any atom is 0.307 e. The average molecular weight is 350 g/mol. The van der Waals surface area contributed by atoms with E-state index in [1.807, 2.05) is 0 Å². The van der Waals surface area contributed by atoms with Crippen molar-refractivity contribution in [2.24, 2.45) is 5.92 Å². The second kappa shape index (κ2) is 7.63. The van der Waals surface area contributed by atoms with Gasteiger partial charge in [-0.25, -0.2) is 8.78 Å². The van der Waals surface area contributed by atoms with Crippen LogP contribution in [0.1, 0.15) is 34.1 Å². The van der Waals surface area contributed by atoms with Crippen LogP contribution in [-0.4, -0.2) is 24.0 Å². The molecule has 0 saturated carbocycles. The number of rotatable bonds is 6. The molecule has 0 fully saturated rings. The van der Waals surface area contributed by atoms with Crippen LogP contribution < -0.4 is 4.74 Å². The zero-order valence-electron chi connectivity index (χ0n) is 13.7. The zero-order valence-corrected chi connectivity index (χ0v) is 13.7. The molecule has 0 heterocycles. The van der Waals surface area contributed by atoms with Gasteiger partial charge in [-0.3, -0.25) is 9.59 Å². The number of carbonyl (C=O) groups excluding carboxylic acids is 2. The highest BCUT2D eigenvalue weighted by atomic mass is 19.2. The first-order valence-electron chi connectivity index (χ1n) is 7.12. The maximum atomic E-state index is 13.4. The van der Waals surface area contributed by atoms with E-state index < -0.39 is 58.9 Å². The summed E-state index contributed by atoms with van der Waals surface area (Å²) < 4.78 is 62.4. The molecule has 0 radical (unpaired) electrons. The van der Waals surface area contributed by atoms with Crippen LogP contribution in [0, 0.1) is 29.2 Å². The zero-order chi connectivity index (χ0) is 18.7. The van der Waals surface area contributed by atoms with Gasteiger partial charge < -0.3 is 9.47 Å². The lowest BCUT2D eigenvalue weighted by molar-refractivity contribution is -0.157. The molecule has 0 aromatic heterocycles. The van der Waals surface area contributed by atoms with Gasteiger partial charge in [-0.1, -0.05) is 6.92 Å². The summed E-state index contributed by atoms with van der Waals surface area (Å²) >= 11 is 0.